The molecule has 4 N–H and O–H groups in total. The van der Waals surface area contributed by atoms with Crippen molar-refractivity contribution in [3.63, 3.8) is 0 Å². The molecule has 0 bridgehead atoms. The Bertz CT molecular complexity index is 1020. The summed E-state index contributed by atoms with van der Waals surface area (Å²) in [7, 11) is 0. The molecule has 1 atom stereocenters. The molecule has 3 aromatic rings. The Labute approximate surface area is 172 Å². The van der Waals surface area contributed by atoms with E-state index >= 15 is 0 Å². The zero-order valence-corrected chi connectivity index (χ0v) is 15.9. The number of hydrogen-bond donors (Lipinski definition) is 3. The third kappa shape index (κ3) is 5.62. The molecule has 0 spiro atoms. The lowest BCUT2D eigenvalue weighted by molar-refractivity contribution is -0.121. The van der Waals surface area contributed by atoms with Crippen molar-refractivity contribution in [3.8, 4) is 22.8 Å². The Morgan fingerprint density at radius 2 is 1.67 bits per heavy atom. The number of carbonyl (C=O) groups is 2. The predicted molar refractivity (Wildman–Crippen MR) is 108 cm³/mol. The molecule has 2 amide bonds. The van der Waals surface area contributed by atoms with Gasteiger partial charge in [-0.15, -0.1) is 0 Å². The largest absolute Gasteiger partial charge is 0.457 e. The lowest BCUT2D eigenvalue weighted by atomic mass is 10.1. The summed E-state index contributed by atoms with van der Waals surface area (Å²) in [6, 6.07) is 16.2. The highest BCUT2D eigenvalue weighted by Gasteiger charge is 2.19. The van der Waals surface area contributed by atoms with E-state index in [1.807, 2.05) is 12.1 Å². The molecular weight excluding hydrogens is 389 g/mol. The topological polar surface area (TPSA) is 115 Å². The van der Waals surface area contributed by atoms with Crippen LogP contribution in [-0.4, -0.2) is 34.6 Å². The number of ketones is 1. The lowest BCUT2D eigenvalue weighted by Crippen LogP contribution is -2.46. The summed E-state index contributed by atoms with van der Waals surface area (Å²) in [5, 5.41) is 11.5. The van der Waals surface area contributed by atoms with Crippen LogP contribution in [-0.2, 0) is 11.2 Å². The number of nitrogens with one attached hydrogen (secondary N) is 1. The van der Waals surface area contributed by atoms with Crippen LogP contribution in [0.5, 0.6) is 11.5 Å². The molecular formula is C22H20FN3O4. The number of benzene rings is 2. The Morgan fingerprint density at radius 1 is 1.03 bits per heavy atom. The fourth-order valence-electron chi connectivity index (χ4n) is 2.77. The Balaban J connectivity index is 1.70. The van der Waals surface area contributed by atoms with Gasteiger partial charge in [0.2, 0.25) is 0 Å². The number of urea groups is 1. The van der Waals surface area contributed by atoms with E-state index in [9.17, 15) is 19.1 Å². The number of aromatic nitrogens is 1. The van der Waals surface area contributed by atoms with Crippen LogP contribution < -0.4 is 15.8 Å². The number of aliphatic hydroxyl groups is 1. The van der Waals surface area contributed by atoms with Crippen LogP contribution in [0.2, 0.25) is 0 Å². The third-order valence-corrected chi connectivity index (χ3v) is 4.25. The van der Waals surface area contributed by atoms with Crippen molar-refractivity contribution in [3.05, 3.63) is 78.2 Å². The number of halogens is 1. The number of pyridine rings is 1. The van der Waals surface area contributed by atoms with Crippen LogP contribution in [0.25, 0.3) is 11.3 Å². The average molecular weight is 409 g/mol. The van der Waals surface area contributed by atoms with Gasteiger partial charge in [-0.3, -0.25) is 9.78 Å². The Morgan fingerprint density at radius 3 is 2.27 bits per heavy atom. The summed E-state index contributed by atoms with van der Waals surface area (Å²) in [4.78, 5) is 27.7. The summed E-state index contributed by atoms with van der Waals surface area (Å²) in [5.74, 6) is 0.368. The molecule has 0 saturated carbocycles. The standard InChI is InChI=1S/C22H20FN3O4/c23-15-6-10-18(11-7-15)30-17-8-4-14(5-9-17)19-3-1-2-16(25-19)12-21(28)20(13-27)26-22(24)29/h1-11,20,27H,12-13H2,(H3,24,26,29)/t20-/m0/s1. The second kappa shape index (κ2) is 9.62. The number of primary amides is 1. The fraction of sp³-hybridized carbons (Fsp3) is 0.136. The third-order valence-electron chi connectivity index (χ3n) is 4.25. The van der Waals surface area contributed by atoms with E-state index in [1.54, 1.807) is 30.3 Å². The van der Waals surface area contributed by atoms with Gasteiger partial charge in [-0.2, -0.15) is 0 Å². The van der Waals surface area contributed by atoms with Gasteiger partial charge in [-0.05, 0) is 60.7 Å². The van der Waals surface area contributed by atoms with E-state index in [0.717, 1.165) is 5.56 Å². The molecule has 0 fully saturated rings. The zero-order valence-electron chi connectivity index (χ0n) is 15.9. The van der Waals surface area contributed by atoms with Crippen LogP contribution in [0.15, 0.2) is 66.7 Å². The van der Waals surface area contributed by atoms with Crippen molar-refractivity contribution in [2.75, 3.05) is 6.61 Å². The predicted octanol–water partition coefficient (Wildman–Crippen LogP) is 2.82. The van der Waals surface area contributed by atoms with Gasteiger partial charge in [-0.1, -0.05) is 6.07 Å². The van der Waals surface area contributed by atoms with Crippen molar-refractivity contribution in [1.82, 2.24) is 10.3 Å². The Kier molecular flexibility index (Phi) is 6.71. The lowest BCUT2D eigenvalue weighted by Gasteiger charge is -2.13. The number of nitrogens with zero attached hydrogens (tertiary/aromatic N) is 1. The van der Waals surface area contributed by atoms with Gasteiger partial charge < -0.3 is 20.9 Å². The van der Waals surface area contributed by atoms with Gasteiger partial charge in [0.15, 0.2) is 5.78 Å². The minimum absolute atomic E-state index is 0.0644. The smallest absolute Gasteiger partial charge is 0.312 e. The molecule has 30 heavy (non-hydrogen) atoms. The second-order valence-corrected chi connectivity index (χ2v) is 6.48. The molecule has 3 rings (SSSR count). The molecule has 7 nitrogen and oxygen atoms in total. The summed E-state index contributed by atoms with van der Waals surface area (Å²) < 4.78 is 18.6. The van der Waals surface area contributed by atoms with Gasteiger partial charge >= 0.3 is 6.03 Å². The maximum Gasteiger partial charge on any atom is 0.312 e. The highest BCUT2D eigenvalue weighted by molar-refractivity contribution is 5.89. The molecule has 8 heteroatoms. The number of Topliss-reactive ketones (excluding diaryl/α,β-unsaturated/α-hetero) is 1. The number of ether oxygens (including phenoxy) is 1. The van der Waals surface area contributed by atoms with E-state index in [-0.39, 0.29) is 12.2 Å². The van der Waals surface area contributed by atoms with E-state index in [1.165, 1.54) is 24.3 Å². The molecule has 0 aliphatic carbocycles. The first kappa shape index (κ1) is 20.9. The molecule has 154 valence electrons. The van der Waals surface area contributed by atoms with Gasteiger partial charge in [0.25, 0.3) is 0 Å². The van der Waals surface area contributed by atoms with Crippen molar-refractivity contribution < 1.29 is 23.8 Å². The molecule has 0 unspecified atom stereocenters. The van der Waals surface area contributed by atoms with Gasteiger partial charge in [0, 0.05) is 11.3 Å². The minimum atomic E-state index is -1.07. The molecule has 0 saturated heterocycles. The molecule has 2 aromatic carbocycles. The van der Waals surface area contributed by atoms with E-state index in [0.29, 0.717) is 22.9 Å². The summed E-state index contributed by atoms with van der Waals surface area (Å²) in [6.45, 7) is -0.545. The second-order valence-electron chi connectivity index (χ2n) is 6.48. The van der Waals surface area contributed by atoms with Crippen molar-refractivity contribution in [1.29, 1.82) is 0 Å². The minimum Gasteiger partial charge on any atom is -0.457 e. The van der Waals surface area contributed by atoms with E-state index in [2.05, 4.69) is 10.3 Å². The SMILES string of the molecule is NC(=O)N[C@@H](CO)C(=O)Cc1cccc(-c2ccc(Oc3ccc(F)cc3)cc2)n1. The first-order valence-electron chi connectivity index (χ1n) is 9.14. The molecule has 1 aromatic heterocycles. The number of amides is 2. The number of nitrogens with two attached hydrogens (primary N) is 1. The fourth-order valence-corrected chi connectivity index (χ4v) is 2.77. The van der Waals surface area contributed by atoms with Crippen LogP contribution in [0.1, 0.15) is 5.69 Å². The van der Waals surface area contributed by atoms with Crippen LogP contribution in [0.4, 0.5) is 9.18 Å². The first-order valence-corrected chi connectivity index (χ1v) is 9.14. The normalized spacial score (nSPS) is 11.5. The van der Waals surface area contributed by atoms with Gasteiger partial charge in [-0.25, -0.2) is 9.18 Å². The number of rotatable bonds is 8. The first-order chi connectivity index (χ1) is 14.4. The average Bonchev–Trinajstić information content (AvgIpc) is 2.74. The summed E-state index contributed by atoms with van der Waals surface area (Å²) in [6.07, 6.45) is -0.0644. The molecule has 1 heterocycles. The highest BCUT2D eigenvalue weighted by atomic mass is 19.1. The maximum absolute atomic E-state index is 13.0. The Hall–Kier alpha value is -3.78. The van der Waals surface area contributed by atoms with Crippen molar-refractivity contribution >= 4 is 11.8 Å². The van der Waals surface area contributed by atoms with Crippen LogP contribution >= 0.6 is 0 Å². The number of carbonyl (C=O) groups excluding carboxylic acids is 2. The highest BCUT2D eigenvalue weighted by Crippen LogP contribution is 2.25. The maximum atomic E-state index is 13.0. The molecule has 0 radical (unpaired) electrons. The summed E-state index contributed by atoms with van der Waals surface area (Å²) >= 11 is 0. The van der Waals surface area contributed by atoms with E-state index in [4.69, 9.17) is 10.5 Å². The molecule has 0 aliphatic heterocycles. The van der Waals surface area contributed by atoms with Gasteiger partial charge in [0.1, 0.15) is 23.4 Å². The quantitative estimate of drug-likeness (QED) is 0.529. The summed E-state index contributed by atoms with van der Waals surface area (Å²) in [5.41, 5.74) is 6.97. The van der Waals surface area contributed by atoms with Crippen LogP contribution in [0.3, 0.4) is 0 Å². The zero-order chi connectivity index (χ0) is 21.5. The van der Waals surface area contributed by atoms with E-state index < -0.39 is 24.5 Å². The van der Waals surface area contributed by atoms with Gasteiger partial charge in [0.05, 0.1) is 18.7 Å². The number of aliphatic hydroxyl groups excluding tert-OH is 1. The van der Waals surface area contributed by atoms with Crippen molar-refractivity contribution in [2.45, 2.75) is 12.5 Å². The van der Waals surface area contributed by atoms with Crippen molar-refractivity contribution in [2.24, 2.45) is 5.73 Å². The number of hydrogen-bond acceptors (Lipinski definition) is 5. The van der Waals surface area contributed by atoms with Crippen LogP contribution in [0, 0.1) is 5.82 Å². The molecule has 0 aliphatic rings. The monoisotopic (exact) mass is 409 g/mol.